The van der Waals surface area contributed by atoms with E-state index in [0.29, 0.717) is 0 Å². The third kappa shape index (κ3) is 44.1. The molecule has 0 rings (SSSR count). The monoisotopic (exact) mass is 232 g/mol. The summed E-state index contributed by atoms with van der Waals surface area (Å²) in [6, 6.07) is 0. The van der Waals surface area contributed by atoms with Gasteiger partial charge in [-0.05, 0) is 6.42 Å². The molecule has 0 saturated carbocycles. The molecule has 0 aliphatic carbocycles. The van der Waals surface area contributed by atoms with Crippen LogP contribution in [0.4, 0.5) is 0 Å². The second kappa shape index (κ2) is 15.8. The molecule has 0 aromatic rings. The van der Waals surface area contributed by atoms with Crippen molar-refractivity contribution in [1.82, 2.24) is 0 Å². The Bertz CT molecular complexity index is 30.9. The summed E-state index contributed by atoms with van der Waals surface area (Å²) in [7, 11) is 9.63. The maximum atomic E-state index is 4.81. The predicted octanol–water partition coefficient (Wildman–Crippen LogP) is 2.96. The summed E-state index contributed by atoms with van der Waals surface area (Å²) in [6.07, 6.45) is 2.96. The third-order valence-corrected chi connectivity index (χ3v) is 0.289. The van der Waals surface area contributed by atoms with Crippen LogP contribution in [0.3, 0.4) is 0 Å². The molecule has 0 N–H and O–H groups in total. The minimum absolute atomic E-state index is 0.106. The van der Waals surface area contributed by atoms with Crippen molar-refractivity contribution in [3.63, 3.8) is 0 Å². The molecule has 0 aromatic carbocycles. The van der Waals surface area contributed by atoms with Crippen LogP contribution >= 0.6 is 19.1 Å². The Morgan fingerprint density at radius 1 is 1.71 bits per heavy atom. The molecule has 3 heteroatoms. The second-order valence-electron chi connectivity index (χ2n) is 0.742. The molecule has 0 fully saturated rings. The molecule has 0 atom stereocenters. The van der Waals surface area contributed by atoms with Crippen molar-refractivity contribution in [3.8, 4) is 0 Å². The molecule has 0 radical (unpaired) electrons. The van der Waals surface area contributed by atoms with Gasteiger partial charge in [0.2, 0.25) is 0 Å². The van der Waals surface area contributed by atoms with Crippen molar-refractivity contribution in [2.24, 2.45) is 0 Å². The van der Waals surface area contributed by atoms with Crippen LogP contribution in [0.15, 0.2) is 12.7 Å². The van der Waals surface area contributed by atoms with Crippen LogP contribution in [0.5, 0.6) is 0 Å². The normalized spacial score (nSPS) is 6.71. The minimum atomic E-state index is -0.106. The van der Waals surface area contributed by atoms with Crippen LogP contribution in [0.1, 0.15) is 13.3 Å². The fraction of sp³-hybridized carbons (Fsp3) is 0.500. The SMILES string of the molecule is C=CCC.[Cl][Pd][Cl]. The van der Waals surface area contributed by atoms with Gasteiger partial charge in [0.1, 0.15) is 0 Å². The van der Waals surface area contributed by atoms with E-state index in [2.05, 4.69) is 13.5 Å². The van der Waals surface area contributed by atoms with Crippen LogP contribution < -0.4 is 0 Å². The molecular formula is C4H8Cl2Pd. The fourth-order valence-corrected chi connectivity index (χ4v) is 0. The first-order valence-electron chi connectivity index (χ1n) is 1.76. The van der Waals surface area contributed by atoms with Gasteiger partial charge < -0.3 is 0 Å². The molecule has 0 aliphatic heterocycles. The quantitative estimate of drug-likeness (QED) is 0.482. The third-order valence-electron chi connectivity index (χ3n) is 0.289. The van der Waals surface area contributed by atoms with E-state index in [1.807, 2.05) is 6.08 Å². The van der Waals surface area contributed by atoms with E-state index in [9.17, 15) is 0 Å². The zero-order valence-corrected chi connectivity index (χ0v) is 7.13. The second-order valence-corrected chi connectivity index (χ2v) is 3.10. The van der Waals surface area contributed by atoms with Crippen LogP contribution in [0.2, 0.25) is 0 Å². The fourth-order valence-electron chi connectivity index (χ4n) is 0. The number of halogens is 2. The molecule has 0 unspecified atom stereocenters. The molecule has 0 spiro atoms. The van der Waals surface area contributed by atoms with Crippen LogP contribution in [0.25, 0.3) is 0 Å². The summed E-state index contributed by atoms with van der Waals surface area (Å²) in [5, 5.41) is 0. The molecular weight excluding hydrogens is 225 g/mol. The molecule has 0 saturated heterocycles. The Balaban J connectivity index is 0. The van der Waals surface area contributed by atoms with E-state index in [1.165, 1.54) is 0 Å². The van der Waals surface area contributed by atoms with Crippen LogP contribution in [-0.2, 0) is 15.9 Å². The van der Waals surface area contributed by atoms with Gasteiger partial charge in [-0.15, -0.1) is 6.58 Å². The van der Waals surface area contributed by atoms with Gasteiger partial charge in [0.15, 0.2) is 0 Å². The van der Waals surface area contributed by atoms with Crippen molar-refractivity contribution in [2.75, 3.05) is 0 Å². The molecule has 48 valence electrons. The first kappa shape index (κ1) is 10.9. The average molecular weight is 233 g/mol. The van der Waals surface area contributed by atoms with Crippen molar-refractivity contribution in [2.45, 2.75) is 13.3 Å². The van der Waals surface area contributed by atoms with Gasteiger partial charge in [0.25, 0.3) is 0 Å². The Kier molecular flexibility index (Phi) is 24.5. The Hall–Kier alpha value is 0.982. The Labute approximate surface area is 61.0 Å². The first-order valence-corrected chi connectivity index (χ1v) is 5.77. The summed E-state index contributed by atoms with van der Waals surface area (Å²) >= 11 is -0.106. The molecule has 0 aliphatic rings. The van der Waals surface area contributed by atoms with Gasteiger partial charge in [-0.3, -0.25) is 0 Å². The molecule has 0 amide bonds. The van der Waals surface area contributed by atoms with E-state index >= 15 is 0 Å². The zero-order valence-electron chi connectivity index (χ0n) is 4.06. The van der Waals surface area contributed by atoms with Crippen molar-refractivity contribution < 1.29 is 15.9 Å². The van der Waals surface area contributed by atoms with Gasteiger partial charge in [-0.25, -0.2) is 0 Å². The summed E-state index contributed by atoms with van der Waals surface area (Å²) in [4.78, 5) is 0. The van der Waals surface area contributed by atoms with Crippen molar-refractivity contribution in [3.05, 3.63) is 12.7 Å². The van der Waals surface area contributed by atoms with E-state index in [4.69, 9.17) is 19.1 Å². The van der Waals surface area contributed by atoms with Crippen molar-refractivity contribution >= 4 is 19.1 Å². The van der Waals surface area contributed by atoms with Gasteiger partial charge in [-0.2, -0.15) is 0 Å². The number of rotatable bonds is 1. The van der Waals surface area contributed by atoms with E-state index in [0.717, 1.165) is 6.42 Å². The van der Waals surface area contributed by atoms with Crippen LogP contribution in [-0.4, -0.2) is 0 Å². The van der Waals surface area contributed by atoms with E-state index in [-0.39, 0.29) is 15.9 Å². The van der Waals surface area contributed by atoms with Gasteiger partial charge in [0, 0.05) is 0 Å². The Morgan fingerprint density at radius 2 is 1.86 bits per heavy atom. The predicted molar refractivity (Wildman–Crippen MR) is 32.2 cm³/mol. The number of allylic oxidation sites excluding steroid dienone is 1. The zero-order chi connectivity index (χ0) is 6.12. The molecule has 0 aromatic heterocycles. The van der Waals surface area contributed by atoms with Crippen molar-refractivity contribution in [1.29, 1.82) is 0 Å². The maximum absolute atomic E-state index is 4.81. The average Bonchev–Trinajstić information content (AvgIpc) is 1.69. The van der Waals surface area contributed by atoms with E-state index in [1.54, 1.807) is 0 Å². The van der Waals surface area contributed by atoms with Gasteiger partial charge in [-0.1, -0.05) is 13.0 Å². The summed E-state index contributed by atoms with van der Waals surface area (Å²) in [6.45, 7) is 5.54. The number of hydrogen-bond donors (Lipinski definition) is 0. The number of hydrogen-bond acceptors (Lipinski definition) is 0. The molecule has 0 bridgehead atoms. The van der Waals surface area contributed by atoms with E-state index < -0.39 is 0 Å². The van der Waals surface area contributed by atoms with Crippen LogP contribution in [0, 0.1) is 0 Å². The summed E-state index contributed by atoms with van der Waals surface area (Å²) < 4.78 is 0. The summed E-state index contributed by atoms with van der Waals surface area (Å²) in [5.41, 5.74) is 0. The van der Waals surface area contributed by atoms with Gasteiger partial charge >= 0.3 is 35.0 Å². The molecule has 0 heterocycles. The standard InChI is InChI=1S/C4H8.2ClH.Pd/c1-3-4-2;;;/h3H,1,4H2,2H3;2*1H;/q;;;+2/p-2. The topological polar surface area (TPSA) is 0 Å². The summed E-state index contributed by atoms with van der Waals surface area (Å²) in [5.74, 6) is 0. The Morgan fingerprint density at radius 3 is 1.86 bits per heavy atom. The van der Waals surface area contributed by atoms with Gasteiger partial charge in [0.05, 0.1) is 0 Å². The first-order chi connectivity index (χ1) is 3.33. The molecule has 0 nitrogen and oxygen atoms in total. The molecule has 7 heavy (non-hydrogen) atoms.